The average molecular weight is 455 g/mol. The molecule has 0 atom stereocenters. The van der Waals surface area contributed by atoms with Gasteiger partial charge in [-0.05, 0) is 39.0 Å². The molecule has 0 aliphatic heterocycles. The minimum atomic E-state index is -0.510. The van der Waals surface area contributed by atoms with E-state index in [1.165, 1.54) is 35.5 Å². The molecule has 3 rings (SSSR count). The van der Waals surface area contributed by atoms with E-state index in [-0.39, 0.29) is 35.9 Å². The van der Waals surface area contributed by atoms with Gasteiger partial charge in [0.2, 0.25) is 5.91 Å². The Morgan fingerprint density at radius 3 is 2.31 bits per heavy atom. The van der Waals surface area contributed by atoms with Crippen LogP contribution in [-0.2, 0) is 11.3 Å². The van der Waals surface area contributed by atoms with Crippen LogP contribution in [0.2, 0.25) is 0 Å². The minimum Gasteiger partial charge on any atom is -0.326 e. The molecule has 0 aliphatic carbocycles. The van der Waals surface area contributed by atoms with Crippen molar-refractivity contribution in [2.45, 2.75) is 43.5 Å². The second-order valence-corrected chi connectivity index (χ2v) is 8.33. The van der Waals surface area contributed by atoms with E-state index in [9.17, 15) is 25.0 Å². The van der Waals surface area contributed by atoms with Crippen molar-refractivity contribution in [2.75, 3.05) is 5.32 Å². The Hall–Kier alpha value is -3.73. The highest BCUT2D eigenvalue weighted by molar-refractivity contribution is 7.99. The van der Waals surface area contributed by atoms with Gasteiger partial charge in [0.05, 0.1) is 16.4 Å². The normalized spacial score (nSPS) is 10.7. The molecule has 1 aromatic heterocycles. The van der Waals surface area contributed by atoms with Crippen LogP contribution in [0.4, 0.5) is 17.1 Å². The predicted molar refractivity (Wildman–Crippen MR) is 120 cm³/mol. The fraction of sp³-hybridized carbons (Fsp3) is 0.238. The van der Waals surface area contributed by atoms with Crippen LogP contribution in [0.1, 0.15) is 23.4 Å². The molecule has 166 valence electrons. The van der Waals surface area contributed by atoms with Gasteiger partial charge in [0, 0.05) is 34.0 Å². The molecule has 1 N–H and O–H groups in total. The molecule has 10 nitrogen and oxygen atoms in total. The van der Waals surface area contributed by atoms with Gasteiger partial charge in [-0.1, -0.05) is 29.5 Å². The summed E-state index contributed by atoms with van der Waals surface area (Å²) < 4.78 is 1.42. The van der Waals surface area contributed by atoms with Crippen molar-refractivity contribution in [3.8, 4) is 0 Å². The van der Waals surface area contributed by atoms with E-state index in [0.717, 1.165) is 10.5 Å². The van der Waals surface area contributed by atoms with Crippen LogP contribution < -0.4 is 5.32 Å². The van der Waals surface area contributed by atoms with E-state index in [1.54, 1.807) is 13.0 Å². The number of nitrogens with one attached hydrogen (secondary N) is 1. The summed E-state index contributed by atoms with van der Waals surface area (Å²) in [6, 6.07) is 12.2. The Labute approximate surface area is 187 Å². The largest absolute Gasteiger partial charge is 0.326 e. The zero-order chi connectivity index (χ0) is 23.4. The van der Waals surface area contributed by atoms with Gasteiger partial charge in [-0.3, -0.25) is 29.7 Å². The molecular formula is C21H21N5O5S. The standard InChI is InChI=1S/C21H21N5O5S/c1-13-4-6-18(7-5-13)32-19-11-16(10-17(12-19)25(28)29)22-20(27)8-9-24-15(3)21(26(30)31)14(2)23-24/h4-7,10-12H,8-9H2,1-3H3,(H,22,27). The SMILES string of the molecule is Cc1ccc(Sc2cc(NC(=O)CCn3nc(C)c([N+](=O)[O-])c3C)cc([N+](=O)[O-])c2)cc1. The van der Waals surface area contributed by atoms with Crippen LogP contribution in [0.25, 0.3) is 0 Å². The lowest BCUT2D eigenvalue weighted by molar-refractivity contribution is -0.386. The lowest BCUT2D eigenvalue weighted by Gasteiger charge is -2.09. The molecule has 0 bridgehead atoms. The van der Waals surface area contributed by atoms with Crippen molar-refractivity contribution in [2.24, 2.45) is 0 Å². The van der Waals surface area contributed by atoms with Gasteiger partial charge in [0.15, 0.2) is 0 Å². The summed E-state index contributed by atoms with van der Waals surface area (Å²) in [5.41, 5.74) is 1.86. The van der Waals surface area contributed by atoms with Gasteiger partial charge in [0.1, 0.15) is 11.4 Å². The summed E-state index contributed by atoms with van der Waals surface area (Å²) in [5, 5.41) is 29.3. The predicted octanol–water partition coefficient (Wildman–Crippen LogP) is 4.80. The maximum atomic E-state index is 12.4. The van der Waals surface area contributed by atoms with Gasteiger partial charge in [-0.2, -0.15) is 5.10 Å². The Bertz CT molecular complexity index is 1190. The third kappa shape index (κ3) is 5.49. The van der Waals surface area contributed by atoms with E-state index >= 15 is 0 Å². The lowest BCUT2D eigenvalue weighted by atomic mass is 10.2. The molecule has 0 fully saturated rings. The van der Waals surface area contributed by atoms with Crippen LogP contribution in [0.3, 0.4) is 0 Å². The van der Waals surface area contributed by atoms with Crippen LogP contribution in [-0.4, -0.2) is 25.5 Å². The summed E-state index contributed by atoms with van der Waals surface area (Å²) in [6.07, 6.45) is 0.00223. The molecule has 0 saturated carbocycles. The third-order valence-electron chi connectivity index (χ3n) is 4.72. The fourth-order valence-corrected chi connectivity index (χ4v) is 4.07. The number of rotatable bonds is 8. The number of nitrogens with zero attached hydrogens (tertiary/aromatic N) is 4. The molecule has 0 unspecified atom stereocenters. The van der Waals surface area contributed by atoms with Gasteiger partial charge in [0.25, 0.3) is 5.69 Å². The van der Waals surface area contributed by atoms with Crippen molar-refractivity contribution in [3.05, 3.63) is 79.6 Å². The second-order valence-electron chi connectivity index (χ2n) is 7.19. The molecule has 0 saturated heterocycles. The molecular weight excluding hydrogens is 434 g/mol. The number of aromatic nitrogens is 2. The number of hydrogen-bond donors (Lipinski definition) is 1. The Morgan fingerprint density at radius 1 is 1.03 bits per heavy atom. The van der Waals surface area contributed by atoms with Crippen molar-refractivity contribution in [1.82, 2.24) is 9.78 Å². The average Bonchev–Trinajstić information content (AvgIpc) is 3.01. The summed E-state index contributed by atoms with van der Waals surface area (Å²) in [5.74, 6) is -0.382. The first-order valence-electron chi connectivity index (χ1n) is 9.66. The van der Waals surface area contributed by atoms with Crippen LogP contribution in [0.15, 0.2) is 52.3 Å². The van der Waals surface area contributed by atoms with E-state index in [1.807, 2.05) is 31.2 Å². The number of benzene rings is 2. The Morgan fingerprint density at radius 2 is 1.72 bits per heavy atom. The topological polar surface area (TPSA) is 133 Å². The van der Waals surface area contributed by atoms with Crippen LogP contribution in [0.5, 0.6) is 0 Å². The number of amides is 1. The van der Waals surface area contributed by atoms with Gasteiger partial charge in [-0.15, -0.1) is 0 Å². The van der Waals surface area contributed by atoms with E-state index in [2.05, 4.69) is 10.4 Å². The zero-order valence-corrected chi connectivity index (χ0v) is 18.5. The van der Waals surface area contributed by atoms with Crippen molar-refractivity contribution < 1.29 is 14.6 Å². The third-order valence-corrected chi connectivity index (χ3v) is 5.70. The van der Waals surface area contributed by atoms with Gasteiger partial charge in [-0.25, -0.2) is 0 Å². The van der Waals surface area contributed by atoms with Crippen molar-refractivity contribution in [3.63, 3.8) is 0 Å². The highest BCUT2D eigenvalue weighted by Gasteiger charge is 2.22. The number of carbonyl (C=O) groups is 1. The molecule has 3 aromatic rings. The molecule has 1 heterocycles. The Kier molecular flexibility index (Phi) is 6.89. The number of nitro benzene ring substituents is 1. The maximum Gasteiger partial charge on any atom is 0.312 e. The quantitative estimate of drug-likeness (QED) is 0.381. The first-order chi connectivity index (χ1) is 15.1. The number of non-ortho nitro benzene ring substituents is 1. The first kappa shape index (κ1) is 22.9. The molecule has 11 heteroatoms. The van der Waals surface area contributed by atoms with Gasteiger partial charge >= 0.3 is 5.69 Å². The summed E-state index contributed by atoms with van der Waals surface area (Å²) in [7, 11) is 0. The van der Waals surface area contributed by atoms with Crippen molar-refractivity contribution >= 4 is 34.7 Å². The maximum absolute atomic E-state index is 12.4. The van der Waals surface area contributed by atoms with E-state index < -0.39 is 9.85 Å². The number of hydrogen-bond acceptors (Lipinski definition) is 7. The smallest absolute Gasteiger partial charge is 0.312 e. The molecule has 0 aliphatic rings. The molecule has 32 heavy (non-hydrogen) atoms. The number of anilines is 1. The zero-order valence-electron chi connectivity index (χ0n) is 17.7. The monoisotopic (exact) mass is 455 g/mol. The first-order valence-corrected chi connectivity index (χ1v) is 10.5. The molecule has 1 amide bonds. The Balaban J connectivity index is 1.73. The summed E-state index contributed by atoms with van der Waals surface area (Å²) in [4.78, 5) is 35.4. The van der Waals surface area contributed by atoms with Crippen molar-refractivity contribution in [1.29, 1.82) is 0 Å². The van der Waals surface area contributed by atoms with Gasteiger partial charge < -0.3 is 5.32 Å². The number of aryl methyl sites for hydroxylation is 3. The minimum absolute atomic E-state index is 0.00223. The second kappa shape index (κ2) is 9.60. The number of carbonyl (C=O) groups excluding carboxylic acids is 1. The van der Waals surface area contributed by atoms with Crippen LogP contribution in [0, 0.1) is 41.0 Å². The van der Waals surface area contributed by atoms with Crippen LogP contribution >= 0.6 is 11.8 Å². The molecule has 2 aromatic carbocycles. The summed E-state index contributed by atoms with van der Waals surface area (Å²) in [6.45, 7) is 5.23. The fourth-order valence-electron chi connectivity index (χ4n) is 3.16. The number of nitro groups is 2. The summed E-state index contributed by atoms with van der Waals surface area (Å²) >= 11 is 1.35. The van der Waals surface area contributed by atoms with E-state index in [0.29, 0.717) is 16.3 Å². The van der Waals surface area contributed by atoms with E-state index in [4.69, 9.17) is 0 Å². The molecule has 0 radical (unpaired) electrons. The highest BCUT2D eigenvalue weighted by atomic mass is 32.2. The lowest BCUT2D eigenvalue weighted by Crippen LogP contribution is -2.16. The molecule has 0 spiro atoms. The highest BCUT2D eigenvalue weighted by Crippen LogP contribution is 2.33.